The van der Waals surface area contributed by atoms with Crippen molar-refractivity contribution in [2.24, 2.45) is 5.92 Å². The summed E-state index contributed by atoms with van der Waals surface area (Å²) in [5.41, 5.74) is 1.57. The number of nitrogens with zero attached hydrogens (tertiary/aromatic N) is 2. The van der Waals surface area contributed by atoms with Gasteiger partial charge in [-0.3, -0.25) is 4.79 Å². The van der Waals surface area contributed by atoms with Crippen LogP contribution < -0.4 is 25.4 Å². The average Bonchev–Trinajstić information content (AvgIpc) is 3.10. The van der Waals surface area contributed by atoms with Gasteiger partial charge in [-0.15, -0.1) is 0 Å². The molecule has 0 fully saturated rings. The van der Waals surface area contributed by atoms with Gasteiger partial charge in [0.15, 0.2) is 0 Å². The smallest absolute Gasteiger partial charge is 0.323 e. The molecule has 4 N–H and O–H groups in total. The van der Waals surface area contributed by atoms with Gasteiger partial charge >= 0.3 is 12.1 Å². The van der Waals surface area contributed by atoms with E-state index < -0.39 is 29.9 Å². The average molecular weight is 694 g/mol. The van der Waals surface area contributed by atoms with Crippen LogP contribution >= 0.6 is 0 Å². The lowest BCUT2D eigenvalue weighted by Gasteiger charge is -2.35. The van der Waals surface area contributed by atoms with Crippen LogP contribution in [0.4, 0.5) is 31.0 Å². The number of likely N-dealkylation sites (N-methyl/N-ethyl adjacent to an activating group) is 1. The first-order valence-corrected chi connectivity index (χ1v) is 16.8. The number of anilines is 3. The minimum atomic E-state index is -0.575. The molecule has 0 aromatic heterocycles. The summed E-state index contributed by atoms with van der Waals surface area (Å²) >= 11 is 0. The van der Waals surface area contributed by atoms with Crippen LogP contribution in [0.15, 0.2) is 66.7 Å². The molecule has 4 rings (SSSR count). The molecule has 4 atom stereocenters. The fourth-order valence-corrected chi connectivity index (χ4v) is 5.54. The molecule has 0 radical (unpaired) electrons. The maximum absolute atomic E-state index is 14.4. The Morgan fingerprint density at radius 2 is 1.64 bits per heavy atom. The number of aliphatic hydroxyl groups is 1. The van der Waals surface area contributed by atoms with E-state index in [-0.39, 0.29) is 43.3 Å². The summed E-state index contributed by atoms with van der Waals surface area (Å²) < 4.78 is 31.1. The maximum atomic E-state index is 14.4. The Balaban J connectivity index is 1.56. The number of carbonyl (C=O) groups is 3. The third-order valence-electron chi connectivity index (χ3n) is 8.55. The highest BCUT2D eigenvalue weighted by atomic mass is 19.1. The van der Waals surface area contributed by atoms with Crippen LogP contribution in [0.2, 0.25) is 0 Å². The monoisotopic (exact) mass is 693 g/mol. The number of carbonyl (C=O) groups excluding carboxylic acids is 3. The van der Waals surface area contributed by atoms with Crippen LogP contribution in [0.25, 0.3) is 0 Å². The molecule has 1 aliphatic heterocycles. The normalized spacial score (nSPS) is 19.2. The predicted octanol–water partition coefficient (Wildman–Crippen LogP) is 6.44. The number of nitrogens with one attached hydrogen (secondary N) is 3. The number of benzene rings is 3. The van der Waals surface area contributed by atoms with Gasteiger partial charge in [0.2, 0.25) is 0 Å². The number of halogens is 1. The van der Waals surface area contributed by atoms with E-state index in [9.17, 15) is 23.9 Å². The van der Waals surface area contributed by atoms with Crippen molar-refractivity contribution in [3.63, 3.8) is 0 Å². The number of rotatable bonds is 8. The Morgan fingerprint density at radius 1 is 1.00 bits per heavy atom. The summed E-state index contributed by atoms with van der Waals surface area (Å²) in [6.45, 7) is 6.26. The van der Waals surface area contributed by atoms with Gasteiger partial charge in [0.1, 0.15) is 17.3 Å². The molecule has 0 spiro atoms. The molecule has 12 nitrogen and oxygen atoms in total. The number of hydrogen-bond acceptors (Lipinski definition) is 7. The molecule has 1 heterocycles. The largest absolute Gasteiger partial charge is 0.497 e. The van der Waals surface area contributed by atoms with Gasteiger partial charge in [-0.05, 0) is 99.8 Å². The molecule has 0 unspecified atom stereocenters. The molecular formula is C37H48FN5O7. The third kappa shape index (κ3) is 10.8. The molecule has 50 heavy (non-hydrogen) atoms. The topological polar surface area (TPSA) is 142 Å². The number of aliphatic hydroxyl groups excluding tert-OH is 1. The Hall–Kier alpha value is -4.88. The highest BCUT2D eigenvalue weighted by Crippen LogP contribution is 2.29. The predicted molar refractivity (Wildman–Crippen MR) is 191 cm³/mol. The summed E-state index contributed by atoms with van der Waals surface area (Å²) in [4.78, 5) is 43.4. The van der Waals surface area contributed by atoms with Crippen molar-refractivity contribution in [3.8, 4) is 11.5 Å². The lowest BCUT2D eigenvalue weighted by molar-refractivity contribution is -0.0115. The summed E-state index contributed by atoms with van der Waals surface area (Å²) in [7, 11) is 3.27. The van der Waals surface area contributed by atoms with Crippen molar-refractivity contribution in [2.75, 3.05) is 56.4 Å². The van der Waals surface area contributed by atoms with Crippen LogP contribution in [-0.2, 0) is 4.74 Å². The van der Waals surface area contributed by atoms with E-state index in [1.807, 2.05) is 13.8 Å². The van der Waals surface area contributed by atoms with E-state index in [0.29, 0.717) is 41.6 Å². The maximum Gasteiger partial charge on any atom is 0.323 e. The first-order valence-electron chi connectivity index (χ1n) is 16.8. The molecule has 270 valence electrons. The molecule has 0 bridgehead atoms. The van der Waals surface area contributed by atoms with Crippen LogP contribution in [0, 0.1) is 11.7 Å². The minimum Gasteiger partial charge on any atom is -0.497 e. The quantitative estimate of drug-likeness (QED) is 0.213. The highest BCUT2D eigenvalue weighted by Gasteiger charge is 2.31. The zero-order chi connectivity index (χ0) is 36.2. The number of ether oxygens (including phenoxy) is 3. The first kappa shape index (κ1) is 37.9. The van der Waals surface area contributed by atoms with E-state index >= 15 is 0 Å². The van der Waals surface area contributed by atoms with Crippen LogP contribution in [0.3, 0.4) is 0 Å². The third-order valence-corrected chi connectivity index (χ3v) is 8.55. The second-order valence-electron chi connectivity index (χ2n) is 12.6. The van der Waals surface area contributed by atoms with Crippen molar-refractivity contribution >= 4 is 35.0 Å². The summed E-state index contributed by atoms with van der Waals surface area (Å²) in [6.07, 6.45) is 1.64. The molecule has 13 heteroatoms. The highest BCUT2D eigenvalue weighted by molar-refractivity contribution is 6.02. The Morgan fingerprint density at radius 3 is 2.32 bits per heavy atom. The van der Waals surface area contributed by atoms with Gasteiger partial charge < -0.3 is 45.1 Å². The molecule has 0 saturated heterocycles. The van der Waals surface area contributed by atoms with E-state index in [1.54, 1.807) is 73.3 Å². The van der Waals surface area contributed by atoms with Crippen LogP contribution in [-0.4, -0.2) is 91.6 Å². The number of hydrogen-bond donors (Lipinski definition) is 4. The second kappa shape index (κ2) is 18.2. The van der Waals surface area contributed by atoms with Crippen molar-refractivity contribution in [2.45, 2.75) is 58.3 Å². The minimum absolute atomic E-state index is 0.205. The molecule has 5 amide bonds. The van der Waals surface area contributed by atoms with Gasteiger partial charge in [-0.25, -0.2) is 14.0 Å². The van der Waals surface area contributed by atoms with Gasteiger partial charge in [0, 0.05) is 49.7 Å². The lowest BCUT2D eigenvalue weighted by Crippen LogP contribution is -2.48. The van der Waals surface area contributed by atoms with Gasteiger partial charge in [0.25, 0.3) is 5.91 Å². The molecule has 1 aliphatic rings. The van der Waals surface area contributed by atoms with E-state index in [0.717, 1.165) is 12.8 Å². The van der Waals surface area contributed by atoms with Crippen molar-refractivity contribution in [1.82, 2.24) is 9.80 Å². The Kier molecular flexibility index (Phi) is 13.8. The van der Waals surface area contributed by atoms with E-state index in [1.165, 1.54) is 24.3 Å². The fraction of sp³-hybridized carbons (Fsp3) is 0.432. The zero-order valence-electron chi connectivity index (χ0n) is 29.3. The van der Waals surface area contributed by atoms with Crippen molar-refractivity contribution < 1.29 is 38.1 Å². The first-order chi connectivity index (χ1) is 24.0. The fourth-order valence-electron chi connectivity index (χ4n) is 5.54. The Labute approximate surface area is 292 Å². The summed E-state index contributed by atoms with van der Waals surface area (Å²) in [6, 6.07) is 15.8. The second-order valence-corrected chi connectivity index (χ2v) is 12.6. The van der Waals surface area contributed by atoms with Crippen molar-refractivity contribution in [1.29, 1.82) is 0 Å². The zero-order valence-corrected chi connectivity index (χ0v) is 29.3. The number of fused-ring (bicyclic) bond motifs is 1. The Bertz CT molecular complexity index is 1570. The summed E-state index contributed by atoms with van der Waals surface area (Å²) in [5.74, 6) is -0.0404. The lowest BCUT2D eigenvalue weighted by atomic mass is 10.0. The van der Waals surface area contributed by atoms with Crippen LogP contribution in [0.5, 0.6) is 11.5 Å². The molecule has 3 aromatic carbocycles. The van der Waals surface area contributed by atoms with Gasteiger partial charge in [-0.2, -0.15) is 0 Å². The molecule has 0 saturated carbocycles. The van der Waals surface area contributed by atoms with E-state index in [2.05, 4.69) is 16.0 Å². The van der Waals surface area contributed by atoms with Crippen LogP contribution in [0.1, 0.15) is 50.4 Å². The van der Waals surface area contributed by atoms with Crippen molar-refractivity contribution in [3.05, 3.63) is 78.1 Å². The standard InChI is InChI=1S/C37H48FN5O7/c1-24-21-43(25(2)23-44)35(45)32-20-30(40-36(46)39-28-11-9-27(38)10-12-28)15-18-33(32)50-26(3)8-6-7-19-49-34(24)22-42(4)37(47)41-29-13-16-31(48-5)17-14-29/h9-18,20,24-26,34,44H,6-8,19,21-23H2,1-5H3,(H,41,47)(H2,39,40,46)/t24-,25+,26-,34+/m0/s1. The number of methoxy groups -OCH3 is 1. The number of urea groups is 2. The number of amides is 5. The SMILES string of the molecule is COc1ccc(NC(=O)N(C)C[C@H]2OCCCC[C@H](C)Oc3ccc(NC(=O)Nc4ccc(F)cc4)cc3C(=O)N([C@H](C)CO)C[C@@H]2C)cc1. The molecule has 3 aromatic rings. The molecule has 0 aliphatic carbocycles. The van der Waals surface area contributed by atoms with Gasteiger partial charge in [0.05, 0.1) is 37.5 Å². The summed E-state index contributed by atoms with van der Waals surface area (Å²) in [5, 5.41) is 18.5. The van der Waals surface area contributed by atoms with Gasteiger partial charge in [-0.1, -0.05) is 6.92 Å². The molecular weight excluding hydrogens is 645 g/mol. The van der Waals surface area contributed by atoms with E-state index in [4.69, 9.17) is 14.2 Å².